The zero-order valence-electron chi connectivity index (χ0n) is 13.2. The summed E-state index contributed by atoms with van der Waals surface area (Å²) in [6, 6.07) is 10.2. The van der Waals surface area contributed by atoms with Crippen molar-refractivity contribution in [2.24, 2.45) is 0 Å². The van der Waals surface area contributed by atoms with E-state index in [1.54, 1.807) is 4.57 Å². The Morgan fingerprint density at radius 3 is 3.00 bits per heavy atom. The molecule has 0 saturated carbocycles. The van der Waals surface area contributed by atoms with E-state index in [-0.39, 0.29) is 11.7 Å². The lowest BCUT2D eigenvalue weighted by atomic mass is 10.2. The van der Waals surface area contributed by atoms with Crippen LogP contribution in [0.5, 0.6) is 5.88 Å². The summed E-state index contributed by atoms with van der Waals surface area (Å²) in [5.74, 6) is 1.29. The Bertz CT molecular complexity index is 791. The quantitative estimate of drug-likeness (QED) is 0.795. The van der Waals surface area contributed by atoms with Crippen molar-refractivity contribution in [3.8, 4) is 5.88 Å². The van der Waals surface area contributed by atoms with Crippen molar-refractivity contribution >= 4 is 21.7 Å². The van der Waals surface area contributed by atoms with E-state index in [0.29, 0.717) is 32.2 Å². The molecule has 6 nitrogen and oxygen atoms in total. The lowest BCUT2D eigenvalue weighted by molar-refractivity contribution is 0.0956. The van der Waals surface area contributed by atoms with Crippen LogP contribution in [0.15, 0.2) is 39.6 Å². The summed E-state index contributed by atoms with van der Waals surface area (Å²) in [5.41, 5.74) is 0.935. The molecule has 0 unspecified atom stereocenters. The van der Waals surface area contributed by atoms with Gasteiger partial charge in [-0.25, -0.2) is 4.79 Å². The van der Waals surface area contributed by atoms with Gasteiger partial charge in [-0.05, 0) is 17.7 Å². The summed E-state index contributed by atoms with van der Waals surface area (Å²) in [4.78, 5) is 18.5. The van der Waals surface area contributed by atoms with Crippen LogP contribution in [0.2, 0.25) is 0 Å². The number of anilines is 1. The topological polar surface area (TPSA) is 56.6 Å². The highest BCUT2D eigenvalue weighted by Gasteiger charge is 2.33. The zero-order valence-corrected chi connectivity index (χ0v) is 14.7. The van der Waals surface area contributed by atoms with Crippen LogP contribution in [-0.4, -0.2) is 42.0 Å². The molecule has 1 atom stereocenters. The van der Waals surface area contributed by atoms with Gasteiger partial charge in [0, 0.05) is 23.5 Å². The fraction of sp³-hybridized carbons (Fsp3) is 0.412. The number of halogens is 1. The Kier molecular flexibility index (Phi) is 4.28. The molecule has 2 aromatic rings. The van der Waals surface area contributed by atoms with Crippen molar-refractivity contribution in [1.82, 2.24) is 9.55 Å². The first-order chi connectivity index (χ1) is 11.7. The monoisotopic (exact) mass is 391 g/mol. The maximum Gasteiger partial charge on any atom is 0.352 e. The van der Waals surface area contributed by atoms with Crippen LogP contribution in [0.3, 0.4) is 0 Å². The predicted octanol–water partition coefficient (Wildman–Crippen LogP) is 1.85. The highest BCUT2D eigenvalue weighted by atomic mass is 79.9. The second-order valence-electron chi connectivity index (χ2n) is 5.99. The molecule has 7 heteroatoms. The molecule has 0 N–H and O–H groups in total. The first kappa shape index (κ1) is 15.7. The second-order valence-corrected chi connectivity index (χ2v) is 6.91. The van der Waals surface area contributed by atoms with Crippen molar-refractivity contribution in [3.63, 3.8) is 0 Å². The van der Waals surface area contributed by atoms with Gasteiger partial charge < -0.3 is 14.4 Å². The van der Waals surface area contributed by atoms with E-state index in [1.807, 2.05) is 18.2 Å². The number of rotatable bonds is 4. The molecular formula is C17H18BrN3O3. The van der Waals surface area contributed by atoms with Gasteiger partial charge >= 0.3 is 5.69 Å². The summed E-state index contributed by atoms with van der Waals surface area (Å²) in [5, 5.41) is 0. The number of nitrogens with zero attached hydrogens (tertiary/aromatic N) is 3. The van der Waals surface area contributed by atoms with Crippen molar-refractivity contribution in [2.75, 3.05) is 31.3 Å². The average molecular weight is 392 g/mol. The summed E-state index contributed by atoms with van der Waals surface area (Å²) in [6.07, 6.45) is 0.771. The number of ether oxygens (including phenoxy) is 2. The van der Waals surface area contributed by atoms with Gasteiger partial charge in [0.1, 0.15) is 5.82 Å². The first-order valence-electron chi connectivity index (χ1n) is 8.04. The first-order valence-corrected chi connectivity index (χ1v) is 8.83. The van der Waals surface area contributed by atoms with Crippen LogP contribution in [0.1, 0.15) is 5.56 Å². The molecule has 1 aromatic heterocycles. The number of hydrogen-bond acceptors (Lipinski definition) is 5. The lowest BCUT2D eigenvalue weighted by Gasteiger charge is -2.30. The van der Waals surface area contributed by atoms with Crippen molar-refractivity contribution < 1.29 is 9.47 Å². The zero-order chi connectivity index (χ0) is 16.5. The molecule has 2 aliphatic heterocycles. The van der Waals surface area contributed by atoms with E-state index in [1.165, 1.54) is 5.56 Å². The van der Waals surface area contributed by atoms with Crippen molar-refractivity contribution in [3.05, 3.63) is 50.9 Å². The highest BCUT2D eigenvalue weighted by Crippen LogP contribution is 2.28. The fourth-order valence-electron chi connectivity index (χ4n) is 3.20. The fourth-order valence-corrected chi connectivity index (χ4v) is 3.46. The summed E-state index contributed by atoms with van der Waals surface area (Å²) < 4.78 is 14.0. The molecule has 0 spiro atoms. The third-order valence-corrected chi connectivity index (χ3v) is 4.96. The van der Waals surface area contributed by atoms with Crippen LogP contribution < -0.4 is 15.3 Å². The average Bonchev–Trinajstić information content (AvgIpc) is 2.96. The van der Waals surface area contributed by atoms with E-state index in [4.69, 9.17) is 9.47 Å². The van der Waals surface area contributed by atoms with E-state index in [2.05, 4.69) is 37.9 Å². The van der Waals surface area contributed by atoms with Crippen molar-refractivity contribution in [2.45, 2.75) is 19.0 Å². The molecule has 1 aromatic carbocycles. The Balaban J connectivity index is 1.46. The molecule has 0 bridgehead atoms. The number of benzene rings is 1. The molecule has 0 amide bonds. The number of aromatic nitrogens is 2. The van der Waals surface area contributed by atoms with E-state index in [9.17, 15) is 4.79 Å². The molecule has 24 heavy (non-hydrogen) atoms. The number of morpholine rings is 1. The number of hydrogen-bond donors (Lipinski definition) is 0. The molecule has 1 fully saturated rings. The second kappa shape index (κ2) is 6.57. The molecule has 0 aliphatic carbocycles. The van der Waals surface area contributed by atoms with Crippen molar-refractivity contribution in [1.29, 1.82) is 0 Å². The molecular weight excluding hydrogens is 374 g/mol. The molecule has 3 heterocycles. The minimum absolute atomic E-state index is 0.228. The molecule has 1 saturated heterocycles. The summed E-state index contributed by atoms with van der Waals surface area (Å²) in [7, 11) is 0. The number of fused-ring (bicyclic) bond motifs is 3. The third kappa shape index (κ3) is 3.06. The lowest BCUT2D eigenvalue weighted by Crippen LogP contribution is -2.43. The Hall–Kier alpha value is -1.86. The van der Waals surface area contributed by atoms with E-state index >= 15 is 0 Å². The van der Waals surface area contributed by atoms with Gasteiger partial charge in [0.15, 0.2) is 0 Å². The standard InChI is InChI=1S/C17H18BrN3O3/c18-13-3-1-12(2-4-13)5-7-24-15-9-16-20-6-8-23-11-14(20)10-21(16)17(22)19-15/h1-4,9,14H,5-8,10-11H2/t14-/m0/s1. The Morgan fingerprint density at radius 1 is 1.33 bits per heavy atom. The summed E-state index contributed by atoms with van der Waals surface area (Å²) in [6.45, 7) is 3.27. The minimum atomic E-state index is -0.249. The summed E-state index contributed by atoms with van der Waals surface area (Å²) >= 11 is 3.42. The molecule has 4 rings (SSSR count). The van der Waals surface area contributed by atoms with Crippen LogP contribution >= 0.6 is 15.9 Å². The smallest absolute Gasteiger partial charge is 0.352 e. The molecule has 2 aliphatic rings. The van der Waals surface area contributed by atoms with Gasteiger partial charge in [-0.3, -0.25) is 4.57 Å². The van der Waals surface area contributed by atoms with E-state index in [0.717, 1.165) is 23.3 Å². The third-order valence-electron chi connectivity index (χ3n) is 4.43. The maximum atomic E-state index is 12.2. The Labute approximate surface area is 148 Å². The maximum absolute atomic E-state index is 12.2. The van der Waals surface area contributed by atoms with Crippen LogP contribution in [0.25, 0.3) is 0 Å². The SMILES string of the molecule is O=c1nc(OCCc2ccc(Br)cc2)cc2n1C[C@H]1COCCN21. The van der Waals surface area contributed by atoms with Gasteiger partial charge in [0.05, 0.1) is 32.4 Å². The van der Waals surface area contributed by atoms with Crippen LogP contribution in [0.4, 0.5) is 5.82 Å². The van der Waals surface area contributed by atoms with Gasteiger partial charge in [0.2, 0.25) is 5.88 Å². The molecule has 126 valence electrons. The minimum Gasteiger partial charge on any atom is -0.477 e. The largest absolute Gasteiger partial charge is 0.477 e. The van der Waals surface area contributed by atoms with E-state index < -0.39 is 0 Å². The van der Waals surface area contributed by atoms with Crippen LogP contribution in [0, 0.1) is 0 Å². The normalized spacial score (nSPS) is 19.0. The van der Waals surface area contributed by atoms with Crippen LogP contribution in [-0.2, 0) is 17.7 Å². The molecule has 0 radical (unpaired) electrons. The van der Waals surface area contributed by atoms with Gasteiger partial charge in [-0.15, -0.1) is 0 Å². The predicted molar refractivity (Wildman–Crippen MR) is 93.8 cm³/mol. The highest BCUT2D eigenvalue weighted by molar-refractivity contribution is 9.10. The Morgan fingerprint density at radius 2 is 2.17 bits per heavy atom. The van der Waals surface area contributed by atoms with Gasteiger partial charge in [-0.2, -0.15) is 4.98 Å². The van der Waals surface area contributed by atoms with Gasteiger partial charge in [0.25, 0.3) is 0 Å². The van der Waals surface area contributed by atoms with Gasteiger partial charge in [-0.1, -0.05) is 28.1 Å².